The highest BCUT2D eigenvalue weighted by atomic mass is 16.6. The van der Waals surface area contributed by atoms with E-state index in [1.165, 1.54) is 21.4 Å². The van der Waals surface area contributed by atoms with Crippen molar-refractivity contribution in [1.29, 1.82) is 0 Å². The molecule has 1 heterocycles. The largest absolute Gasteiger partial charge is 0.444 e. The van der Waals surface area contributed by atoms with Crippen LogP contribution in [0.15, 0.2) is 52.2 Å². The molecule has 2 rings (SSSR count). The number of rotatable bonds is 7. The summed E-state index contributed by atoms with van der Waals surface area (Å²) < 4.78 is 7.88. The van der Waals surface area contributed by atoms with Gasteiger partial charge < -0.3 is 14.6 Å². The van der Waals surface area contributed by atoms with Gasteiger partial charge in [-0.2, -0.15) is 0 Å². The Labute approximate surface area is 158 Å². The Balaban J connectivity index is 1.92. The second-order valence-electron chi connectivity index (χ2n) is 7.30. The van der Waals surface area contributed by atoms with Crippen molar-refractivity contribution in [2.45, 2.75) is 52.3 Å². The fourth-order valence-corrected chi connectivity index (χ4v) is 2.57. The monoisotopic (exact) mass is 373 g/mol. The molecule has 1 N–H and O–H groups in total. The molecule has 7 heteroatoms. The number of nitrogens with one attached hydrogen (secondary N) is 1. The number of carbonyl (C=O) groups is 1. The van der Waals surface area contributed by atoms with Crippen molar-refractivity contribution in [3.63, 3.8) is 0 Å². The van der Waals surface area contributed by atoms with Crippen LogP contribution in [-0.4, -0.2) is 27.4 Å². The highest BCUT2D eigenvalue weighted by Crippen LogP contribution is 2.06. The molecule has 2 aromatic rings. The van der Waals surface area contributed by atoms with Crippen molar-refractivity contribution in [2.75, 3.05) is 6.54 Å². The molecule has 1 aromatic carbocycles. The molecule has 0 aliphatic rings. The first-order valence-corrected chi connectivity index (χ1v) is 9.07. The van der Waals surface area contributed by atoms with Crippen molar-refractivity contribution in [2.24, 2.45) is 0 Å². The summed E-state index contributed by atoms with van der Waals surface area (Å²) in [6.07, 6.45) is 2.18. The number of aromatic nitrogens is 2. The van der Waals surface area contributed by atoms with Crippen molar-refractivity contribution >= 4 is 6.09 Å². The number of hydrogen-bond acceptors (Lipinski definition) is 4. The van der Waals surface area contributed by atoms with Crippen LogP contribution >= 0.6 is 0 Å². The maximum absolute atomic E-state index is 12.5. The molecule has 0 atom stereocenters. The second kappa shape index (κ2) is 9.21. The van der Waals surface area contributed by atoms with Gasteiger partial charge in [0, 0.05) is 31.9 Å². The number of ether oxygens (including phenoxy) is 1. The zero-order chi connectivity index (χ0) is 19.9. The highest BCUT2D eigenvalue weighted by molar-refractivity contribution is 5.67. The molecule has 0 radical (unpaired) electrons. The Morgan fingerprint density at radius 3 is 2.44 bits per heavy atom. The zero-order valence-corrected chi connectivity index (χ0v) is 16.1. The number of amides is 1. The summed E-state index contributed by atoms with van der Waals surface area (Å²) in [4.78, 5) is 36.2. The number of alkyl carbamates (subject to hydrolysis) is 1. The van der Waals surface area contributed by atoms with Crippen LogP contribution in [0.2, 0.25) is 0 Å². The SMILES string of the molecule is CC(C)(C)OC(=O)NCCCn1c(=O)ccn(CCc2ccccc2)c1=O. The topological polar surface area (TPSA) is 82.3 Å². The standard InChI is InChI=1S/C20H27N3O4/c1-20(2,3)27-18(25)21-12-7-13-23-17(24)11-15-22(19(23)26)14-10-16-8-5-4-6-9-16/h4-6,8-9,11,15H,7,10,12-14H2,1-3H3,(H,21,25). The number of nitrogens with zero attached hydrogens (tertiary/aromatic N) is 2. The predicted octanol–water partition coefficient (Wildman–Crippen LogP) is 2.17. The summed E-state index contributed by atoms with van der Waals surface area (Å²) in [7, 11) is 0. The molecule has 0 spiro atoms. The Kier molecular flexibility index (Phi) is 6.98. The molecular weight excluding hydrogens is 346 g/mol. The van der Waals surface area contributed by atoms with Crippen LogP contribution < -0.4 is 16.6 Å². The molecule has 0 fully saturated rings. The van der Waals surface area contributed by atoms with Crippen molar-refractivity contribution < 1.29 is 9.53 Å². The van der Waals surface area contributed by atoms with E-state index in [0.717, 1.165) is 5.56 Å². The van der Waals surface area contributed by atoms with Gasteiger partial charge in [-0.3, -0.25) is 9.36 Å². The van der Waals surface area contributed by atoms with E-state index in [-0.39, 0.29) is 17.8 Å². The third-order valence-electron chi connectivity index (χ3n) is 3.85. The fourth-order valence-electron chi connectivity index (χ4n) is 2.57. The summed E-state index contributed by atoms with van der Waals surface area (Å²) in [6, 6.07) is 11.3. The maximum Gasteiger partial charge on any atom is 0.407 e. The minimum Gasteiger partial charge on any atom is -0.444 e. The first-order valence-electron chi connectivity index (χ1n) is 9.07. The molecule has 1 aromatic heterocycles. The van der Waals surface area contributed by atoms with Gasteiger partial charge in [-0.05, 0) is 39.2 Å². The van der Waals surface area contributed by atoms with Crippen molar-refractivity contribution in [3.8, 4) is 0 Å². The van der Waals surface area contributed by atoms with Crippen LogP contribution in [-0.2, 0) is 24.2 Å². The van der Waals surface area contributed by atoms with Gasteiger partial charge in [-0.15, -0.1) is 0 Å². The Morgan fingerprint density at radius 2 is 1.78 bits per heavy atom. The van der Waals surface area contributed by atoms with Gasteiger partial charge in [0.15, 0.2) is 0 Å². The molecule has 7 nitrogen and oxygen atoms in total. The fraction of sp³-hybridized carbons (Fsp3) is 0.450. The molecule has 27 heavy (non-hydrogen) atoms. The van der Waals surface area contributed by atoms with Crippen LogP contribution in [0.25, 0.3) is 0 Å². The van der Waals surface area contributed by atoms with E-state index < -0.39 is 11.7 Å². The summed E-state index contributed by atoms with van der Waals surface area (Å²) in [5, 5.41) is 2.62. The van der Waals surface area contributed by atoms with Gasteiger partial charge in [-0.25, -0.2) is 9.59 Å². The summed E-state index contributed by atoms with van der Waals surface area (Å²) in [6.45, 7) is 6.41. The number of hydrogen-bond donors (Lipinski definition) is 1. The van der Waals surface area contributed by atoms with E-state index in [4.69, 9.17) is 4.74 Å². The molecule has 0 saturated carbocycles. The molecule has 0 saturated heterocycles. The lowest BCUT2D eigenvalue weighted by atomic mass is 10.1. The third-order valence-corrected chi connectivity index (χ3v) is 3.85. The van der Waals surface area contributed by atoms with Gasteiger partial charge in [0.2, 0.25) is 0 Å². The highest BCUT2D eigenvalue weighted by Gasteiger charge is 2.15. The average molecular weight is 373 g/mol. The van der Waals surface area contributed by atoms with Crippen molar-refractivity contribution in [1.82, 2.24) is 14.5 Å². The third kappa shape index (κ3) is 6.77. The van der Waals surface area contributed by atoms with Gasteiger partial charge in [0.05, 0.1) is 0 Å². The summed E-state index contributed by atoms with van der Waals surface area (Å²) in [5.74, 6) is 0. The van der Waals surface area contributed by atoms with E-state index in [1.54, 1.807) is 20.8 Å². The Bertz CT molecular complexity index is 863. The Hall–Kier alpha value is -2.83. The summed E-state index contributed by atoms with van der Waals surface area (Å²) >= 11 is 0. The molecule has 0 aliphatic carbocycles. The second-order valence-corrected chi connectivity index (χ2v) is 7.30. The normalized spacial score (nSPS) is 11.2. The summed E-state index contributed by atoms with van der Waals surface area (Å²) in [5.41, 5.74) is -0.111. The van der Waals surface area contributed by atoms with E-state index in [1.807, 2.05) is 30.3 Å². The van der Waals surface area contributed by atoms with Gasteiger partial charge >= 0.3 is 11.8 Å². The number of aryl methyl sites for hydroxylation is 2. The molecule has 0 bridgehead atoms. The first kappa shape index (κ1) is 20.5. The minimum absolute atomic E-state index is 0.236. The first-order chi connectivity index (χ1) is 12.8. The lowest BCUT2D eigenvalue weighted by Gasteiger charge is -2.19. The number of carbonyl (C=O) groups excluding carboxylic acids is 1. The van der Waals surface area contributed by atoms with Gasteiger partial charge in [0.1, 0.15) is 5.60 Å². The zero-order valence-electron chi connectivity index (χ0n) is 16.1. The smallest absolute Gasteiger partial charge is 0.407 e. The van der Waals surface area contributed by atoms with E-state index in [2.05, 4.69) is 5.32 Å². The van der Waals surface area contributed by atoms with E-state index in [0.29, 0.717) is 25.9 Å². The van der Waals surface area contributed by atoms with E-state index >= 15 is 0 Å². The average Bonchev–Trinajstić information content (AvgIpc) is 2.59. The van der Waals surface area contributed by atoms with E-state index in [9.17, 15) is 14.4 Å². The van der Waals surface area contributed by atoms with Crippen LogP contribution in [0.1, 0.15) is 32.8 Å². The molecule has 0 aliphatic heterocycles. The number of benzene rings is 1. The Morgan fingerprint density at radius 1 is 1.07 bits per heavy atom. The van der Waals surface area contributed by atoms with Gasteiger partial charge in [-0.1, -0.05) is 30.3 Å². The van der Waals surface area contributed by atoms with Crippen LogP contribution in [0.4, 0.5) is 4.79 Å². The molecule has 1 amide bonds. The molecule has 146 valence electrons. The lowest BCUT2D eigenvalue weighted by Crippen LogP contribution is -2.40. The van der Waals surface area contributed by atoms with Crippen LogP contribution in [0.3, 0.4) is 0 Å². The quantitative estimate of drug-likeness (QED) is 0.754. The molecule has 0 unspecified atom stereocenters. The van der Waals surface area contributed by atoms with Crippen LogP contribution in [0.5, 0.6) is 0 Å². The lowest BCUT2D eigenvalue weighted by molar-refractivity contribution is 0.0526. The van der Waals surface area contributed by atoms with Gasteiger partial charge in [0.25, 0.3) is 5.56 Å². The van der Waals surface area contributed by atoms with Crippen LogP contribution in [0, 0.1) is 0 Å². The molecular formula is C20H27N3O4. The minimum atomic E-state index is -0.563. The predicted molar refractivity (Wildman–Crippen MR) is 104 cm³/mol. The maximum atomic E-state index is 12.5. The van der Waals surface area contributed by atoms with Crippen molar-refractivity contribution in [3.05, 3.63) is 69.0 Å².